The summed E-state index contributed by atoms with van der Waals surface area (Å²) in [5.74, 6) is -4.11. The number of hydrogen-bond donors (Lipinski definition) is 4. The van der Waals surface area contributed by atoms with Crippen molar-refractivity contribution >= 4 is 51.8 Å². The van der Waals surface area contributed by atoms with Crippen molar-refractivity contribution in [2.45, 2.75) is 0 Å². The van der Waals surface area contributed by atoms with E-state index >= 15 is 0 Å². The fourth-order valence-electron chi connectivity index (χ4n) is 4.86. The van der Waals surface area contributed by atoms with E-state index in [4.69, 9.17) is 29.5 Å². The van der Waals surface area contributed by atoms with Gasteiger partial charge in [-0.2, -0.15) is 0 Å². The molecule has 4 aromatic rings. The average Bonchev–Trinajstić information content (AvgIpc) is 3.39. The van der Waals surface area contributed by atoms with Gasteiger partial charge in [0.25, 0.3) is 0 Å². The first-order chi connectivity index (χ1) is 22.0. The second-order valence-electron chi connectivity index (χ2n) is 10.6. The number of rotatable bonds is 7. The van der Waals surface area contributed by atoms with Crippen LogP contribution in [0.5, 0.6) is 5.88 Å². The Morgan fingerprint density at radius 2 is 1.51 bits per heavy atom. The number of H-pyrrole nitrogens is 1. The number of methoxy groups -OCH3 is 1. The summed E-state index contributed by atoms with van der Waals surface area (Å²) in [6.07, 6.45) is 0. The van der Waals surface area contributed by atoms with Crippen molar-refractivity contribution < 1.29 is 44.7 Å². The van der Waals surface area contributed by atoms with Crippen LogP contribution in [0.1, 0.15) is 21.5 Å². The number of amides is 1. The summed E-state index contributed by atoms with van der Waals surface area (Å²) in [5.41, 5.74) is 4.34. The molecule has 2 heterocycles. The second kappa shape index (κ2) is 16.1. The molecule has 0 unspecified atom stereocenters. The number of anilines is 1. The molecule has 14 nitrogen and oxygen atoms in total. The number of piperazine rings is 1. The van der Waals surface area contributed by atoms with Crippen LogP contribution in [-0.2, 0) is 19.1 Å². The molecule has 14 heteroatoms. The fraction of sp³-hybridized carbons (Fsp3) is 0.242. The number of nitrogens with one attached hydrogen (secondary N) is 1. The predicted molar refractivity (Wildman–Crippen MR) is 176 cm³/mol. The van der Waals surface area contributed by atoms with E-state index < -0.39 is 17.9 Å². The van der Waals surface area contributed by atoms with Crippen LogP contribution in [0.3, 0.4) is 0 Å². The van der Waals surface area contributed by atoms with Crippen LogP contribution < -0.4 is 4.90 Å². The highest BCUT2D eigenvalue weighted by atomic mass is 16.5. The summed E-state index contributed by atoms with van der Waals surface area (Å²) in [7, 11) is 5.22. The van der Waals surface area contributed by atoms with E-state index in [0.29, 0.717) is 34.6 Å². The Morgan fingerprint density at radius 1 is 0.894 bits per heavy atom. The number of carboxylic acids is 2. The number of carbonyl (C=O) groups is 4. The van der Waals surface area contributed by atoms with Gasteiger partial charge >= 0.3 is 17.9 Å². The zero-order valence-electron chi connectivity index (χ0n) is 26.1. The number of aromatic hydroxyl groups is 1. The van der Waals surface area contributed by atoms with Crippen LogP contribution in [-0.4, -0.2) is 119 Å². The van der Waals surface area contributed by atoms with Gasteiger partial charge in [-0.05, 0) is 43.4 Å². The van der Waals surface area contributed by atoms with Crippen LogP contribution in [0.2, 0.25) is 0 Å². The number of likely N-dealkylation sites (N-methyl/N-ethyl adjacent to an activating group) is 2. The number of aromatic amines is 1. The van der Waals surface area contributed by atoms with Crippen molar-refractivity contribution in [3.8, 4) is 5.88 Å². The van der Waals surface area contributed by atoms with Gasteiger partial charge in [0.2, 0.25) is 5.91 Å². The zero-order chi connectivity index (χ0) is 33.4. The Labute approximate surface area is 270 Å². The predicted octanol–water partition coefficient (Wildman–Crippen LogP) is 2.37. The minimum absolute atomic E-state index is 0. The third-order valence-corrected chi connectivity index (χ3v) is 7.47. The van der Waals surface area contributed by atoms with Gasteiger partial charge in [-0.25, -0.2) is 19.4 Å². The number of fused-ring (bicyclic) bond motifs is 1. The van der Waals surface area contributed by atoms with E-state index in [1.54, 1.807) is 30.1 Å². The molecule has 6 N–H and O–H groups in total. The molecule has 1 aliphatic rings. The van der Waals surface area contributed by atoms with E-state index in [-0.39, 0.29) is 17.3 Å². The molecule has 248 valence electrons. The maximum atomic E-state index is 12.9. The first-order valence-electron chi connectivity index (χ1n) is 14.3. The maximum Gasteiger partial charge on any atom is 0.414 e. The Balaban J connectivity index is 0.000000785. The first-order valence-corrected chi connectivity index (χ1v) is 14.3. The van der Waals surface area contributed by atoms with Crippen molar-refractivity contribution in [2.75, 3.05) is 58.8 Å². The van der Waals surface area contributed by atoms with Crippen LogP contribution >= 0.6 is 0 Å². The Morgan fingerprint density at radius 3 is 2.09 bits per heavy atom. The van der Waals surface area contributed by atoms with E-state index in [9.17, 15) is 14.7 Å². The number of hydrogen-bond acceptors (Lipinski definition) is 9. The zero-order valence-corrected chi connectivity index (χ0v) is 26.1. The number of carbonyl (C=O) groups excluding carboxylic acids is 2. The molecule has 5 rings (SSSR count). The third-order valence-electron chi connectivity index (χ3n) is 7.47. The SMILES string of the molecule is COC(=O)c1ccc2c(C(=Nc3ccc(N(C)C(=O)CN4CCN(C)CC4)cc3)c3ccccc3)c(O)[nH]c2c1.O.O=C(O)C(=O)O. The normalized spacial score (nSPS) is 13.6. The minimum atomic E-state index is -1.82. The molecule has 1 saturated heterocycles. The summed E-state index contributed by atoms with van der Waals surface area (Å²) in [6, 6.07) is 22.2. The lowest BCUT2D eigenvalue weighted by atomic mass is 10.00. The summed E-state index contributed by atoms with van der Waals surface area (Å²) >= 11 is 0. The van der Waals surface area contributed by atoms with Gasteiger partial charge in [-0.15, -0.1) is 0 Å². The lowest BCUT2D eigenvalue weighted by molar-refractivity contribution is -0.159. The van der Waals surface area contributed by atoms with Crippen molar-refractivity contribution in [3.63, 3.8) is 0 Å². The smallest absolute Gasteiger partial charge is 0.414 e. The number of benzene rings is 3. The topological polar surface area (TPSA) is 208 Å². The standard InChI is InChI=1S/C31H33N5O4.C2H2O4.H2O/c1-34-15-17-36(18-16-34)20-27(37)35(2)24-12-10-23(11-13-24)32-29(21-7-5-4-6-8-21)28-25-14-9-22(31(39)40-3)19-26(25)33-30(28)38;3-1(4)2(5)6;/h4-14,19,33,38H,15-18,20H2,1-3H3;(H,3,4)(H,5,6);1H2. The van der Waals surface area contributed by atoms with Crippen LogP contribution in [0, 0.1) is 0 Å². The highest BCUT2D eigenvalue weighted by Gasteiger charge is 2.21. The molecule has 0 atom stereocenters. The van der Waals surface area contributed by atoms with E-state index in [1.807, 2.05) is 54.6 Å². The van der Waals surface area contributed by atoms with Gasteiger partial charge in [-0.3, -0.25) is 9.69 Å². The van der Waals surface area contributed by atoms with E-state index in [0.717, 1.165) is 42.8 Å². The van der Waals surface area contributed by atoms with Crippen LogP contribution in [0.25, 0.3) is 10.9 Å². The van der Waals surface area contributed by atoms with E-state index in [1.165, 1.54) is 7.11 Å². The Kier molecular flexibility index (Phi) is 12.3. The van der Waals surface area contributed by atoms with Crippen molar-refractivity contribution in [3.05, 3.63) is 89.5 Å². The quantitative estimate of drug-likeness (QED) is 0.131. The van der Waals surface area contributed by atoms with Gasteiger partial charge in [0, 0.05) is 55.4 Å². The number of aliphatic imine (C=N–C) groups is 1. The summed E-state index contributed by atoms with van der Waals surface area (Å²) < 4.78 is 4.83. The van der Waals surface area contributed by atoms with Crippen molar-refractivity contribution in [1.29, 1.82) is 0 Å². The van der Waals surface area contributed by atoms with Crippen molar-refractivity contribution in [2.24, 2.45) is 4.99 Å². The van der Waals surface area contributed by atoms with Gasteiger partial charge in [0.05, 0.1) is 36.2 Å². The van der Waals surface area contributed by atoms with Crippen LogP contribution in [0.15, 0.2) is 77.8 Å². The maximum absolute atomic E-state index is 12.9. The van der Waals surface area contributed by atoms with Gasteiger partial charge in [0.15, 0.2) is 5.88 Å². The molecule has 0 spiro atoms. The summed E-state index contributed by atoms with van der Waals surface area (Å²) in [6.45, 7) is 4.09. The molecule has 47 heavy (non-hydrogen) atoms. The number of carboxylic acid groups (broad SMARTS) is 2. The minimum Gasteiger partial charge on any atom is -0.494 e. The molecule has 3 aromatic carbocycles. The lowest BCUT2D eigenvalue weighted by Gasteiger charge is -2.32. The Hall–Kier alpha value is -5.57. The van der Waals surface area contributed by atoms with Crippen LogP contribution in [0.4, 0.5) is 11.4 Å². The van der Waals surface area contributed by atoms with Gasteiger partial charge in [0.1, 0.15) is 0 Å². The number of nitrogens with zero attached hydrogens (tertiary/aromatic N) is 4. The summed E-state index contributed by atoms with van der Waals surface area (Å²) in [5, 5.41) is 26.5. The molecule has 1 aromatic heterocycles. The number of ether oxygens (including phenoxy) is 1. The Bertz CT molecular complexity index is 1730. The first kappa shape index (κ1) is 35.9. The molecule has 0 radical (unpaired) electrons. The molecule has 1 fully saturated rings. The number of aliphatic carboxylic acids is 2. The molecular formula is C33H37N5O9. The van der Waals surface area contributed by atoms with E-state index in [2.05, 4.69) is 21.8 Å². The average molecular weight is 648 g/mol. The fourth-order valence-corrected chi connectivity index (χ4v) is 4.86. The second-order valence-corrected chi connectivity index (χ2v) is 10.6. The molecule has 1 aliphatic heterocycles. The lowest BCUT2D eigenvalue weighted by Crippen LogP contribution is -2.48. The summed E-state index contributed by atoms with van der Waals surface area (Å²) in [4.78, 5) is 57.2. The van der Waals surface area contributed by atoms with Gasteiger partial charge < -0.3 is 40.3 Å². The number of aromatic nitrogens is 1. The molecule has 0 aliphatic carbocycles. The molecule has 1 amide bonds. The molecular weight excluding hydrogens is 610 g/mol. The largest absolute Gasteiger partial charge is 0.494 e. The highest BCUT2D eigenvalue weighted by molar-refractivity contribution is 6.27. The number of esters is 1. The molecule has 0 saturated carbocycles. The van der Waals surface area contributed by atoms with Gasteiger partial charge in [-0.1, -0.05) is 36.4 Å². The molecule has 0 bridgehead atoms. The highest BCUT2D eigenvalue weighted by Crippen LogP contribution is 2.32. The third kappa shape index (κ3) is 9.00. The monoisotopic (exact) mass is 647 g/mol. The van der Waals surface area contributed by atoms with Crippen molar-refractivity contribution in [1.82, 2.24) is 14.8 Å².